The minimum atomic E-state index is -0.164. The van der Waals surface area contributed by atoms with Gasteiger partial charge in [0.2, 0.25) is 0 Å². The van der Waals surface area contributed by atoms with Gasteiger partial charge in [0, 0.05) is 13.1 Å². The van der Waals surface area contributed by atoms with Crippen LogP contribution in [0.5, 0.6) is 0 Å². The number of aromatic nitrogens is 2. The van der Waals surface area contributed by atoms with Gasteiger partial charge in [0.1, 0.15) is 5.82 Å². The van der Waals surface area contributed by atoms with Crippen LogP contribution in [0.4, 0.5) is 5.69 Å². The Balaban J connectivity index is 1.62. The summed E-state index contributed by atoms with van der Waals surface area (Å²) in [6.45, 7) is 3.81. The van der Waals surface area contributed by atoms with Gasteiger partial charge < -0.3 is 14.8 Å². The fourth-order valence-electron chi connectivity index (χ4n) is 3.22. The smallest absolute Gasteiger partial charge is 0.264 e. The van der Waals surface area contributed by atoms with Gasteiger partial charge in [-0.25, -0.2) is 9.98 Å². The minimum Gasteiger partial charge on any atom is -0.327 e. The normalized spacial score (nSPS) is 16.9. The number of nitrogens with zero attached hydrogens (tertiary/aromatic N) is 4. The van der Waals surface area contributed by atoms with E-state index in [4.69, 9.17) is 11.6 Å². The molecule has 4 rings (SSSR count). The summed E-state index contributed by atoms with van der Waals surface area (Å²) in [5.41, 5.74) is 3.60. The summed E-state index contributed by atoms with van der Waals surface area (Å²) < 4.78 is 2.21. The van der Waals surface area contributed by atoms with E-state index >= 15 is 0 Å². The van der Waals surface area contributed by atoms with Gasteiger partial charge in [0.15, 0.2) is 5.17 Å². The second-order valence-corrected chi connectivity index (χ2v) is 8.73. The molecule has 0 aliphatic carbocycles. The first-order valence-corrected chi connectivity index (χ1v) is 10.8. The summed E-state index contributed by atoms with van der Waals surface area (Å²) in [5.74, 6) is 0.821. The Morgan fingerprint density at radius 2 is 2.07 bits per heavy atom. The number of fused-ring (bicyclic) bond motifs is 1. The molecule has 0 unspecified atom stereocenters. The molecule has 8 heteroatoms. The number of hydrogen-bond donors (Lipinski definition) is 1. The van der Waals surface area contributed by atoms with Crippen molar-refractivity contribution in [3.05, 3.63) is 63.8 Å². The van der Waals surface area contributed by atoms with Crippen LogP contribution in [0.15, 0.2) is 52.4 Å². The van der Waals surface area contributed by atoms with Crippen molar-refractivity contribution in [3.63, 3.8) is 0 Å². The zero-order valence-corrected chi connectivity index (χ0v) is 18.6. The molecule has 0 radical (unpaired) electrons. The molecule has 1 aliphatic heterocycles. The fourth-order valence-corrected chi connectivity index (χ4v) is 4.23. The lowest BCUT2D eigenvalue weighted by molar-refractivity contribution is -0.115. The van der Waals surface area contributed by atoms with Crippen LogP contribution in [0.3, 0.4) is 0 Å². The number of halogens is 1. The van der Waals surface area contributed by atoms with Crippen LogP contribution in [0.1, 0.15) is 11.4 Å². The predicted octanol–water partition coefficient (Wildman–Crippen LogP) is 4.45. The third-order valence-corrected chi connectivity index (χ3v) is 5.99. The number of imidazole rings is 1. The number of carbonyl (C=O) groups excluding carboxylic acids is 1. The quantitative estimate of drug-likeness (QED) is 0.596. The molecule has 6 nitrogen and oxygen atoms in total. The topological polar surface area (TPSA) is 62.5 Å². The molecule has 1 saturated heterocycles. The Hall–Kier alpha value is -2.61. The Bertz CT molecular complexity index is 1180. The summed E-state index contributed by atoms with van der Waals surface area (Å²) in [4.78, 5) is 24.3. The van der Waals surface area contributed by atoms with Crippen molar-refractivity contribution in [2.45, 2.75) is 13.5 Å². The summed E-state index contributed by atoms with van der Waals surface area (Å²) in [7, 11) is 4.12. The Morgan fingerprint density at radius 3 is 2.83 bits per heavy atom. The van der Waals surface area contributed by atoms with Crippen LogP contribution in [-0.4, -0.2) is 46.2 Å². The van der Waals surface area contributed by atoms with Gasteiger partial charge in [-0.3, -0.25) is 4.79 Å². The van der Waals surface area contributed by atoms with Crippen LogP contribution < -0.4 is 5.32 Å². The number of nitrogens with one attached hydrogen (secondary N) is 1. The highest BCUT2D eigenvalue weighted by molar-refractivity contribution is 8.18. The number of rotatable bonds is 5. The molecule has 3 aromatic rings. The maximum Gasteiger partial charge on any atom is 0.264 e. The van der Waals surface area contributed by atoms with Crippen molar-refractivity contribution in [2.75, 3.05) is 20.6 Å². The summed E-state index contributed by atoms with van der Waals surface area (Å²) in [6, 6.07) is 13.4. The van der Waals surface area contributed by atoms with Crippen LogP contribution in [0.25, 0.3) is 17.1 Å². The lowest BCUT2D eigenvalue weighted by Crippen LogP contribution is -2.19. The number of para-hydroxylation sites is 1. The number of likely N-dealkylation sites (N-methyl/N-ethyl adjacent to an activating group) is 1. The van der Waals surface area contributed by atoms with E-state index in [0.29, 0.717) is 20.8 Å². The maximum absolute atomic E-state index is 12.4. The molecule has 0 bridgehead atoms. The zero-order chi connectivity index (χ0) is 21.3. The SMILES string of the molecule is Cc1nc2ccc(C=C3SC(=Nc4ccccc4Cl)NC3=O)cc2n1CCN(C)C. The van der Waals surface area contributed by atoms with E-state index in [1.807, 2.05) is 43.3 Å². The Labute approximate surface area is 184 Å². The van der Waals surface area contributed by atoms with Crippen molar-refractivity contribution in [3.8, 4) is 0 Å². The van der Waals surface area contributed by atoms with E-state index < -0.39 is 0 Å². The number of thioether (sulfide) groups is 1. The first-order valence-electron chi connectivity index (χ1n) is 9.56. The number of amides is 1. The molecule has 1 fully saturated rings. The number of carbonyl (C=O) groups is 1. The molecular formula is C22H22ClN5OS. The zero-order valence-electron chi connectivity index (χ0n) is 17.0. The van der Waals surface area contributed by atoms with Crippen LogP contribution >= 0.6 is 23.4 Å². The summed E-state index contributed by atoms with van der Waals surface area (Å²) in [5, 5.41) is 3.88. The van der Waals surface area contributed by atoms with Crippen molar-refractivity contribution in [1.29, 1.82) is 0 Å². The number of hydrogen-bond acceptors (Lipinski definition) is 5. The second-order valence-electron chi connectivity index (χ2n) is 7.30. The molecule has 2 aromatic carbocycles. The van der Waals surface area contributed by atoms with Gasteiger partial charge in [-0.05, 0) is 68.7 Å². The van der Waals surface area contributed by atoms with E-state index in [9.17, 15) is 4.79 Å². The van der Waals surface area contributed by atoms with E-state index in [-0.39, 0.29) is 5.91 Å². The van der Waals surface area contributed by atoms with Crippen molar-refractivity contribution in [1.82, 2.24) is 19.8 Å². The number of benzene rings is 2. The average molecular weight is 440 g/mol. The second kappa shape index (κ2) is 8.63. The number of aliphatic imine (C=N–C) groups is 1. The third-order valence-electron chi connectivity index (χ3n) is 4.76. The molecule has 1 N–H and O–H groups in total. The van der Waals surface area contributed by atoms with E-state index in [0.717, 1.165) is 35.5 Å². The first-order chi connectivity index (χ1) is 14.4. The predicted molar refractivity (Wildman–Crippen MR) is 125 cm³/mol. The molecule has 1 aromatic heterocycles. The van der Waals surface area contributed by atoms with Gasteiger partial charge in [-0.1, -0.05) is 29.8 Å². The van der Waals surface area contributed by atoms with Gasteiger partial charge in [0.25, 0.3) is 5.91 Å². The molecule has 0 spiro atoms. The highest BCUT2D eigenvalue weighted by Gasteiger charge is 2.24. The van der Waals surface area contributed by atoms with Crippen molar-refractivity contribution in [2.24, 2.45) is 4.99 Å². The molecule has 2 heterocycles. The average Bonchev–Trinajstić information content (AvgIpc) is 3.20. The van der Waals surface area contributed by atoms with Gasteiger partial charge >= 0.3 is 0 Å². The van der Waals surface area contributed by atoms with Crippen LogP contribution in [-0.2, 0) is 11.3 Å². The monoisotopic (exact) mass is 439 g/mol. The molecule has 30 heavy (non-hydrogen) atoms. The number of aryl methyl sites for hydroxylation is 1. The lowest BCUT2D eigenvalue weighted by atomic mass is 10.2. The highest BCUT2D eigenvalue weighted by Crippen LogP contribution is 2.31. The minimum absolute atomic E-state index is 0.164. The maximum atomic E-state index is 12.4. The Morgan fingerprint density at radius 1 is 1.27 bits per heavy atom. The van der Waals surface area contributed by atoms with E-state index in [1.165, 1.54) is 11.8 Å². The summed E-state index contributed by atoms with van der Waals surface area (Å²) >= 11 is 7.48. The van der Waals surface area contributed by atoms with Gasteiger partial charge in [-0.2, -0.15) is 0 Å². The standard InChI is InChI=1S/C22H22ClN5OS/c1-14-24-18-9-8-15(12-19(18)28(14)11-10-27(2)3)13-20-21(29)26-22(30-20)25-17-7-5-4-6-16(17)23/h4-9,12-13H,10-11H2,1-3H3,(H,25,26,29). The largest absolute Gasteiger partial charge is 0.327 e. The van der Waals surface area contributed by atoms with Crippen LogP contribution in [0.2, 0.25) is 5.02 Å². The third kappa shape index (κ3) is 4.43. The Kier molecular flexibility index (Phi) is 5.94. The van der Waals surface area contributed by atoms with Gasteiger partial charge in [0.05, 0.1) is 26.6 Å². The van der Waals surface area contributed by atoms with Gasteiger partial charge in [-0.15, -0.1) is 0 Å². The molecule has 1 aliphatic rings. The van der Waals surface area contributed by atoms with E-state index in [2.05, 4.69) is 44.9 Å². The molecule has 0 atom stereocenters. The highest BCUT2D eigenvalue weighted by atomic mass is 35.5. The molecule has 154 valence electrons. The van der Waals surface area contributed by atoms with Crippen molar-refractivity contribution < 1.29 is 4.79 Å². The van der Waals surface area contributed by atoms with Crippen molar-refractivity contribution >= 4 is 57.2 Å². The molecule has 0 saturated carbocycles. The lowest BCUT2D eigenvalue weighted by Gasteiger charge is -2.12. The fraction of sp³-hybridized carbons (Fsp3) is 0.227. The molecular weight excluding hydrogens is 418 g/mol. The first kappa shape index (κ1) is 20.7. The van der Waals surface area contributed by atoms with E-state index in [1.54, 1.807) is 6.07 Å². The molecule has 1 amide bonds. The summed E-state index contributed by atoms with van der Waals surface area (Å²) in [6.07, 6.45) is 1.88. The number of amidine groups is 1. The van der Waals surface area contributed by atoms with Crippen LogP contribution in [0, 0.1) is 6.92 Å².